The van der Waals surface area contributed by atoms with E-state index >= 15 is 0 Å². The summed E-state index contributed by atoms with van der Waals surface area (Å²) in [5.74, 6) is 0.170. The fraction of sp³-hybridized carbons (Fsp3) is 0.278. The minimum absolute atomic E-state index is 0.326. The molecular weight excluding hydrogens is 384 g/mol. The van der Waals surface area contributed by atoms with Crippen molar-refractivity contribution in [2.24, 2.45) is 0 Å². The molecule has 0 aliphatic carbocycles. The van der Waals surface area contributed by atoms with E-state index in [9.17, 15) is 4.79 Å². The Balaban J connectivity index is 1.87. The van der Waals surface area contributed by atoms with Crippen LogP contribution in [0.15, 0.2) is 41.1 Å². The Morgan fingerprint density at radius 3 is 2.84 bits per heavy atom. The molecular formula is C18H19BrN4O2. The third-order valence-corrected chi connectivity index (χ3v) is 4.66. The van der Waals surface area contributed by atoms with Crippen molar-refractivity contribution in [2.45, 2.75) is 26.8 Å². The molecule has 3 rings (SSSR count). The topological polar surface area (TPSA) is 68.5 Å². The molecule has 0 aliphatic heterocycles. The second kappa shape index (κ2) is 7.65. The van der Waals surface area contributed by atoms with E-state index < -0.39 is 0 Å². The molecule has 3 aromatic rings. The van der Waals surface area contributed by atoms with Crippen LogP contribution < -0.4 is 5.32 Å². The average molecular weight is 403 g/mol. The van der Waals surface area contributed by atoms with Gasteiger partial charge in [-0.3, -0.25) is 0 Å². The number of carbonyl (C=O) groups excluding carboxylic acids is 1. The molecule has 0 atom stereocenters. The van der Waals surface area contributed by atoms with E-state index in [0.717, 1.165) is 21.1 Å². The maximum Gasteiger partial charge on any atom is 0.340 e. The second-order valence-corrected chi connectivity index (χ2v) is 6.31. The van der Waals surface area contributed by atoms with Gasteiger partial charge in [0.2, 0.25) is 5.95 Å². The van der Waals surface area contributed by atoms with Crippen LogP contribution in [-0.2, 0) is 17.7 Å². The maximum absolute atomic E-state index is 12.1. The molecule has 0 radical (unpaired) electrons. The summed E-state index contributed by atoms with van der Waals surface area (Å²) in [5, 5.41) is 7.67. The fourth-order valence-corrected chi connectivity index (χ4v) is 3.09. The maximum atomic E-state index is 12.1. The average Bonchev–Trinajstić information content (AvgIpc) is 2.99. The zero-order chi connectivity index (χ0) is 17.8. The van der Waals surface area contributed by atoms with Gasteiger partial charge in [-0.2, -0.15) is 0 Å². The van der Waals surface area contributed by atoms with Crippen LogP contribution in [0, 0.1) is 0 Å². The molecule has 0 bridgehead atoms. The van der Waals surface area contributed by atoms with E-state index in [1.165, 1.54) is 0 Å². The predicted molar refractivity (Wildman–Crippen MR) is 99.8 cm³/mol. The summed E-state index contributed by atoms with van der Waals surface area (Å²) in [7, 11) is 0. The van der Waals surface area contributed by atoms with Crippen molar-refractivity contribution < 1.29 is 9.53 Å². The molecule has 1 aromatic carbocycles. The van der Waals surface area contributed by atoms with Gasteiger partial charge in [-0.1, -0.05) is 41.1 Å². The summed E-state index contributed by atoms with van der Waals surface area (Å²) in [5.41, 5.74) is 3.37. The Bertz CT molecular complexity index is 907. The van der Waals surface area contributed by atoms with Crippen LogP contribution in [-0.4, -0.2) is 27.2 Å². The number of aryl methyl sites for hydroxylation is 1. The van der Waals surface area contributed by atoms with Crippen molar-refractivity contribution in [1.29, 1.82) is 0 Å². The summed E-state index contributed by atoms with van der Waals surface area (Å²) >= 11 is 3.53. The van der Waals surface area contributed by atoms with Crippen molar-refractivity contribution in [3.8, 4) is 0 Å². The zero-order valence-electron chi connectivity index (χ0n) is 14.1. The number of fused-ring (bicyclic) bond motifs is 1. The number of anilines is 1. The lowest BCUT2D eigenvalue weighted by atomic mass is 10.1. The van der Waals surface area contributed by atoms with Crippen LogP contribution in [0.1, 0.15) is 35.3 Å². The highest BCUT2D eigenvalue weighted by Gasteiger charge is 2.18. The summed E-state index contributed by atoms with van der Waals surface area (Å²) in [6.07, 6.45) is 4.14. The number of esters is 1. The quantitative estimate of drug-likeness (QED) is 0.634. The Kier molecular flexibility index (Phi) is 5.33. The number of aromatic nitrogens is 3. The minimum atomic E-state index is -0.326. The highest BCUT2D eigenvalue weighted by Crippen LogP contribution is 2.21. The molecule has 0 unspecified atom stereocenters. The lowest BCUT2D eigenvalue weighted by Gasteiger charge is -2.07. The van der Waals surface area contributed by atoms with Crippen LogP contribution in [0.5, 0.6) is 0 Å². The number of benzene rings is 1. The van der Waals surface area contributed by atoms with Crippen molar-refractivity contribution in [1.82, 2.24) is 14.6 Å². The van der Waals surface area contributed by atoms with E-state index in [-0.39, 0.29) is 5.97 Å². The summed E-state index contributed by atoms with van der Waals surface area (Å²) in [6.45, 7) is 4.73. The Hall–Kier alpha value is -2.41. The van der Waals surface area contributed by atoms with Gasteiger partial charge in [-0.05, 0) is 30.5 Å². The van der Waals surface area contributed by atoms with E-state index in [1.807, 2.05) is 31.2 Å². The smallest absolute Gasteiger partial charge is 0.340 e. The number of rotatable bonds is 6. The lowest BCUT2D eigenvalue weighted by molar-refractivity contribution is 0.0525. The van der Waals surface area contributed by atoms with Crippen LogP contribution in [0.2, 0.25) is 0 Å². The first-order valence-electron chi connectivity index (χ1n) is 8.15. The molecule has 130 valence electrons. The zero-order valence-corrected chi connectivity index (χ0v) is 15.7. The fourth-order valence-electron chi connectivity index (χ4n) is 2.67. The predicted octanol–water partition coefficient (Wildman–Crippen LogP) is 3.84. The number of ether oxygens (including phenoxy) is 1. The SMILES string of the molecule is CCOC(=O)c1cn2nc(NCc3ccccc3Br)ncc2c1CC. The van der Waals surface area contributed by atoms with E-state index in [4.69, 9.17) is 4.74 Å². The first-order valence-corrected chi connectivity index (χ1v) is 8.95. The van der Waals surface area contributed by atoms with Gasteiger partial charge in [0.1, 0.15) is 0 Å². The summed E-state index contributed by atoms with van der Waals surface area (Å²) in [4.78, 5) is 16.5. The molecule has 0 saturated heterocycles. The molecule has 2 aromatic heterocycles. The highest BCUT2D eigenvalue weighted by atomic mass is 79.9. The highest BCUT2D eigenvalue weighted by molar-refractivity contribution is 9.10. The Morgan fingerprint density at radius 1 is 1.32 bits per heavy atom. The summed E-state index contributed by atoms with van der Waals surface area (Å²) in [6, 6.07) is 7.97. The molecule has 0 spiro atoms. The largest absolute Gasteiger partial charge is 0.462 e. The van der Waals surface area contributed by atoms with Crippen molar-refractivity contribution in [3.05, 3.63) is 57.8 Å². The first-order chi connectivity index (χ1) is 12.1. The monoisotopic (exact) mass is 402 g/mol. The normalized spacial score (nSPS) is 10.8. The van der Waals surface area contributed by atoms with E-state index in [1.54, 1.807) is 23.8 Å². The van der Waals surface area contributed by atoms with Gasteiger partial charge in [0.05, 0.1) is 23.9 Å². The van der Waals surface area contributed by atoms with E-state index in [2.05, 4.69) is 31.3 Å². The van der Waals surface area contributed by atoms with Crippen molar-refractivity contribution >= 4 is 33.4 Å². The van der Waals surface area contributed by atoms with Crippen LogP contribution >= 0.6 is 15.9 Å². The van der Waals surface area contributed by atoms with Crippen LogP contribution in [0.4, 0.5) is 5.95 Å². The number of halogens is 1. The third-order valence-electron chi connectivity index (χ3n) is 3.89. The molecule has 1 N–H and O–H groups in total. The number of hydrogen-bond acceptors (Lipinski definition) is 5. The lowest BCUT2D eigenvalue weighted by Crippen LogP contribution is -2.06. The van der Waals surface area contributed by atoms with Gasteiger partial charge in [-0.25, -0.2) is 14.3 Å². The van der Waals surface area contributed by atoms with Gasteiger partial charge in [0.15, 0.2) is 0 Å². The van der Waals surface area contributed by atoms with Gasteiger partial charge >= 0.3 is 5.97 Å². The molecule has 0 fully saturated rings. The van der Waals surface area contributed by atoms with Crippen LogP contribution in [0.3, 0.4) is 0 Å². The van der Waals surface area contributed by atoms with Crippen LogP contribution in [0.25, 0.3) is 5.52 Å². The molecule has 0 aliphatic rings. The Morgan fingerprint density at radius 2 is 2.12 bits per heavy atom. The molecule has 25 heavy (non-hydrogen) atoms. The summed E-state index contributed by atoms with van der Waals surface area (Å²) < 4.78 is 7.84. The van der Waals surface area contributed by atoms with Gasteiger partial charge in [-0.15, -0.1) is 5.10 Å². The van der Waals surface area contributed by atoms with Gasteiger partial charge in [0, 0.05) is 17.2 Å². The molecule has 2 heterocycles. The molecule has 0 saturated carbocycles. The van der Waals surface area contributed by atoms with Gasteiger partial charge in [0.25, 0.3) is 0 Å². The minimum Gasteiger partial charge on any atom is -0.462 e. The number of hydrogen-bond donors (Lipinski definition) is 1. The number of nitrogens with one attached hydrogen (secondary N) is 1. The Labute approximate surface area is 154 Å². The molecule has 6 nitrogen and oxygen atoms in total. The standard InChI is InChI=1S/C18H19BrN4O2/c1-3-13-14(17(24)25-4-2)11-23-16(13)10-21-18(22-23)20-9-12-7-5-6-8-15(12)19/h5-8,10-11H,3-4,9H2,1-2H3,(H,20,22). The second-order valence-electron chi connectivity index (χ2n) is 5.45. The number of carbonyl (C=O) groups is 1. The molecule has 0 amide bonds. The number of nitrogens with zero attached hydrogens (tertiary/aromatic N) is 3. The van der Waals surface area contributed by atoms with Crippen molar-refractivity contribution in [2.75, 3.05) is 11.9 Å². The van der Waals surface area contributed by atoms with E-state index in [0.29, 0.717) is 31.1 Å². The van der Waals surface area contributed by atoms with Crippen molar-refractivity contribution in [3.63, 3.8) is 0 Å². The third kappa shape index (κ3) is 3.66. The molecule has 7 heteroatoms. The first kappa shape index (κ1) is 17.4. The van der Waals surface area contributed by atoms with Gasteiger partial charge < -0.3 is 10.1 Å².